The number of fused-ring (bicyclic) bond motifs is 1. The summed E-state index contributed by atoms with van der Waals surface area (Å²) in [7, 11) is 0. The lowest BCUT2D eigenvalue weighted by molar-refractivity contribution is -0.122. The molecule has 0 radical (unpaired) electrons. The van der Waals surface area contributed by atoms with Gasteiger partial charge in [0.25, 0.3) is 0 Å². The van der Waals surface area contributed by atoms with Crippen molar-refractivity contribution >= 4 is 5.91 Å². The average molecular weight is 314 g/mol. The molecule has 23 heavy (non-hydrogen) atoms. The second-order valence-electron chi connectivity index (χ2n) is 5.86. The number of benzene rings is 1. The first-order valence-electron chi connectivity index (χ1n) is 8.04. The molecule has 1 N–H and O–H groups in total. The molecule has 0 unspecified atom stereocenters. The molecule has 0 bridgehead atoms. The Labute approximate surface area is 135 Å². The molecule has 1 atom stereocenters. The number of rotatable bonds is 6. The summed E-state index contributed by atoms with van der Waals surface area (Å²) in [5.74, 6) is -0.0619. The van der Waals surface area contributed by atoms with E-state index >= 15 is 0 Å². The second kappa shape index (κ2) is 7.32. The highest BCUT2D eigenvalue weighted by atomic mass is 16.2. The van der Waals surface area contributed by atoms with Gasteiger partial charge in [-0.2, -0.15) is 0 Å². The Morgan fingerprint density at radius 1 is 1.35 bits per heavy atom. The highest BCUT2D eigenvalue weighted by molar-refractivity contribution is 5.75. The van der Waals surface area contributed by atoms with Gasteiger partial charge in [0.1, 0.15) is 12.9 Å². The molecule has 7 heteroatoms. The summed E-state index contributed by atoms with van der Waals surface area (Å²) in [6, 6.07) is 8.95. The van der Waals surface area contributed by atoms with Gasteiger partial charge in [-0.05, 0) is 34.4 Å². The number of hydrogen-bond donors (Lipinski definition) is 1. The molecule has 2 heterocycles. The van der Waals surface area contributed by atoms with Crippen molar-refractivity contribution < 1.29 is 4.79 Å². The van der Waals surface area contributed by atoms with Gasteiger partial charge in [-0.1, -0.05) is 31.2 Å². The van der Waals surface area contributed by atoms with E-state index in [4.69, 9.17) is 0 Å². The van der Waals surface area contributed by atoms with E-state index in [1.54, 1.807) is 0 Å². The smallest absolute Gasteiger partial charge is 0.241 e. The summed E-state index contributed by atoms with van der Waals surface area (Å²) in [5.41, 5.74) is 2.85. The Morgan fingerprint density at radius 3 is 2.91 bits per heavy atom. The molecule has 1 amide bonds. The highest BCUT2D eigenvalue weighted by Crippen LogP contribution is 2.21. The zero-order chi connectivity index (χ0) is 16.1. The molecule has 1 aliphatic heterocycles. The third kappa shape index (κ3) is 3.92. The number of nitrogens with one attached hydrogen (secondary N) is 1. The molecule has 0 fully saturated rings. The van der Waals surface area contributed by atoms with Crippen LogP contribution < -0.4 is 5.32 Å². The van der Waals surface area contributed by atoms with Gasteiger partial charge < -0.3 is 5.32 Å². The van der Waals surface area contributed by atoms with E-state index in [1.165, 1.54) is 22.1 Å². The van der Waals surface area contributed by atoms with E-state index in [0.29, 0.717) is 12.6 Å². The zero-order valence-electron chi connectivity index (χ0n) is 13.4. The van der Waals surface area contributed by atoms with Gasteiger partial charge in [-0.25, -0.2) is 4.68 Å². The minimum Gasteiger partial charge on any atom is -0.353 e. The fraction of sp³-hybridized carbons (Fsp3) is 0.500. The van der Waals surface area contributed by atoms with Crippen LogP contribution in [-0.2, 0) is 24.3 Å². The number of nitrogens with zero attached hydrogens (tertiary/aromatic N) is 5. The maximum Gasteiger partial charge on any atom is 0.241 e. The second-order valence-corrected chi connectivity index (χ2v) is 5.86. The standard InChI is InChI=1S/C16H22N6O/c1-2-15(9-17-16(23)11-22-12-18-19-20-22)21-8-7-13-5-3-4-6-14(13)10-21/h3-6,12,15H,2,7-11H2,1H3,(H,17,23)/t15-/m0/s1. The summed E-state index contributed by atoms with van der Waals surface area (Å²) in [4.78, 5) is 14.4. The van der Waals surface area contributed by atoms with E-state index < -0.39 is 0 Å². The van der Waals surface area contributed by atoms with Crippen molar-refractivity contribution in [3.8, 4) is 0 Å². The van der Waals surface area contributed by atoms with E-state index in [-0.39, 0.29) is 12.5 Å². The Morgan fingerprint density at radius 2 is 2.17 bits per heavy atom. The summed E-state index contributed by atoms with van der Waals surface area (Å²) >= 11 is 0. The van der Waals surface area contributed by atoms with Crippen molar-refractivity contribution in [1.82, 2.24) is 30.4 Å². The molecular formula is C16H22N6O. The Balaban J connectivity index is 1.53. The minimum absolute atomic E-state index is 0.0619. The highest BCUT2D eigenvalue weighted by Gasteiger charge is 2.22. The summed E-state index contributed by atoms with van der Waals surface area (Å²) in [5, 5.41) is 13.8. The number of aromatic nitrogens is 4. The van der Waals surface area contributed by atoms with Crippen LogP contribution >= 0.6 is 0 Å². The minimum atomic E-state index is -0.0619. The van der Waals surface area contributed by atoms with E-state index in [0.717, 1.165) is 25.9 Å². The van der Waals surface area contributed by atoms with Crippen LogP contribution in [0.2, 0.25) is 0 Å². The van der Waals surface area contributed by atoms with Crippen LogP contribution in [0.25, 0.3) is 0 Å². The molecule has 3 rings (SSSR count). The van der Waals surface area contributed by atoms with Crippen LogP contribution in [0, 0.1) is 0 Å². The third-order valence-corrected chi connectivity index (χ3v) is 4.38. The number of carbonyl (C=O) groups is 1. The fourth-order valence-corrected chi connectivity index (χ4v) is 3.05. The Hall–Kier alpha value is -2.28. The summed E-state index contributed by atoms with van der Waals surface area (Å²) in [6.45, 7) is 4.97. The Bertz CT molecular complexity index is 642. The Kier molecular flexibility index (Phi) is 4.97. The van der Waals surface area contributed by atoms with Crippen LogP contribution in [0.15, 0.2) is 30.6 Å². The van der Waals surface area contributed by atoms with Crippen LogP contribution in [-0.4, -0.2) is 50.1 Å². The van der Waals surface area contributed by atoms with Gasteiger partial charge in [0.05, 0.1) is 0 Å². The number of amides is 1. The predicted molar refractivity (Wildman–Crippen MR) is 85.5 cm³/mol. The zero-order valence-corrected chi connectivity index (χ0v) is 13.4. The first kappa shape index (κ1) is 15.6. The lowest BCUT2D eigenvalue weighted by Gasteiger charge is -2.35. The molecule has 122 valence electrons. The molecule has 1 aromatic heterocycles. The first-order chi connectivity index (χ1) is 11.3. The van der Waals surface area contributed by atoms with Crippen LogP contribution in [0.1, 0.15) is 24.5 Å². The first-order valence-corrected chi connectivity index (χ1v) is 8.04. The normalized spacial score (nSPS) is 15.9. The maximum absolute atomic E-state index is 12.0. The lowest BCUT2D eigenvalue weighted by atomic mass is 9.98. The van der Waals surface area contributed by atoms with Gasteiger partial charge in [-0.15, -0.1) is 5.10 Å². The molecule has 0 aliphatic carbocycles. The van der Waals surface area contributed by atoms with Crippen molar-refractivity contribution in [3.05, 3.63) is 41.7 Å². The van der Waals surface area contributed by atoms with Crippen molar-refractivity contribution in [2.75, 3.05) is 13.1 Å². The number of carbonyl (C=O) groups excluding carboxylic acids is 1. The molecular weight excluding hydrogens is 292 g/mol. The molecule has 7 nitrogen and oxygen atoms in total. The average Bonchev–Trinajstić information content (AvgIpc) is 3.08. The third-order valence-electron chi connectivity index (χ3n) is 4.38. The summed E-state index contributed by atoms with van der Waals surface area (Å²) in [6.07, 6.45) is 3.52. The van der Waals surface area contributed by atoms with Crippen LogP contribution in [0.4, 0.5) is 0 Å². The van der Waals surface area contributed by atoms with Gasteiger partial charge in [0.2, 0.25) is 5.91 Å². The van der Waals surface area contributed by atoms with Gasteiger partial charge in [-0.3, -0.25) is 9.69 Å². The SMILES string of the molecule is CC[C@@H](CNC(=O)Cn1cnnn1)N1CCc2ccccc2C1. The topological polar surface area (TPSA) is 75.9 Å². The predicted octanol–water partition coefficient (Wildman–Crippen LogP) is 0.626. The van der Waals surface area contributed by atoms with Crippen molar-refractivity contribution in [2.24, 2.45) is 0 Å². The van der Waals surface area contributed by atoms with Gasteiger partial charge in [0.15, 0.2) is 0 Å². The maximum atomic E-state index is 12.0. The molecule has 0 saturated heterocycles. The molecule has 0 saturated carbocycles. The van der Waals surface area contributed by atoms with Crippen LogP contribution in [0.5, 0.6) is 0 Å². The van der Waals surface area contributed by atoms with E-state index in [2.05, 4.69) is 56.9 Å². The lowest BCUT2D eigenvalue weighted by Crippen LogP contribution is -2.46. The monoisotopic (exact) mass is 314 g/mol. The largest absolute Gasteiger partial charge is 0.353 e. The molecule has 0 spiro atoms. The van der Waals surface area contributed by atoms with E-state index in [1.807, 2.05) is 0 Å². The molecule has 1 aromatic carbocycles. The molecule has 2 aromatic rings. The van der Waals surface area contributed by atoms with Gasteiger partial charge >= 0.3 is 0 Å². The summed E-state index contributed by atoms with van der Waals surface area (Å²) < 4.78 is 1.42. The quantitative estimate of drug-likeness (QED) is 0.846. The van der Waals surface area contributed by atoms with Crippen molar-refractivity contribution in [1.29, 1.82) is 0 Å². The molecule has 1 aliphatic rings. The van der Waals surface area contributed by atoms with E-state index in [9.17, 15) is 4.79 Å². The number of tetrazole rings is 1. The van der Waals surface area contributed by atoms with Crippen molar-refractivity contribution in [2.45, 2.75) is 38.9 Å². The van der Waals surface area contributed by atoms with Crippen LogP contribution in [0.3, 0.4) is 0 Å². The number of hydrogen-bond acceptors (Lipinski definition) is 5. The van der Waals surface area contributed by atoms with Gasteiger partial charge in [0, 0.05) is 25.7 Å². The fourth-order valence-electron chi connectivity index (χ4n) is 3.05. The van der Waals surface area contributed by atoms with Crippen molar-refractivity contribution in [3.63, 3.8) is 0 Å².